The Bertz CT molecular complexity index is 778. The first-order valence-corrected chi connectivity index (χ1v) is 9.08. The van der Waals surface area contributed by atoms with Crippen LogP contribution in [0.1, 0.15) is 5.56 Å². The van der Waals surface area contributed by atoms with Crippen molar-refractivity contribution >= 4 is 37.5 Å². The molecule has 0 aliphatic rings. The third-order valence-electron chi connectivity index (χ3n) is 2.55. The Hall–Kier alpha value is -1.29. The molecule has 0 fully saturated rings. The van der Waals surface area contributed by atoms with E-state index < -0.39 is 9.84 Å². The molecule has 0 aliphatic heterocycles. The normalized spacial score (nSPS) is 11.1. The first-order chi connectivity index (χ1) is 9.40. The van der Waals surface area contributed by atoms with E-state index in [1.54, 1.807) is 30.3 Å². The Kier molecular flexibility index (Phi) is 4.53. The lowest BCUT2D eigenvalue weighted by molar-refractivity contribution is 0.602. The third kappa shape index (κ3) is 3.63. The van der Waals surface area contributed by atoms with Gasteiger partial charge in [-0.05, 0) is 58.4 Å². The Balaban J connectivity index is 2.23. The molecule has 0 amide bonds. The van der Waals surface area contributed by atoms with E-state index in [9.17, 15) is 8.42 Å². The largest absolute Gasteiger partial charge is 0.224 e. The van der Waals surface area contributed by atoms with Gasteiger partial charge >= 0.3 is 0 Å². The zero-order valence-corrected chi connectivity index (χ0v) is 13.7. The zero-order chi connectivity index (χ0) is 14.8. The van der Waals surface area contributed by atoms with Gasteiger partial charge in [0, 0.05) is 20.5 Å². The molecule has 0 unspecified atom stereocenters. The zero-order valence-electron chi connectivity index (χ0n) is 10.5. The van der Waals surface area contributed by atoms with E-state index in [2.05, 4.69) is 22.0 Å². The Labute approximate surface area is 130 Å². The molecule has 3 nitrogen and oxygen atoms in total. The number of halogens is 1. The van der Waals surface area contributed by atoms with Crippen LogP contribution in [-0.2, 0) is 9.84 Å². The van der Waals surface area contributed by atoms with Crippen LogP contribution in [0.4, 0.5) is 0 Å². The van der Waals surface area contributed by atoms with Crippen molar-refractivity contribution in [2.75, 3.05) is 6.26 Å². The summed E-state index contributed by atoms with van der Waals surface area (Å²) in [7, 11) is -3.16. The van der Waals surface area contributed by atoms with Crippen LogP contribution in [-0.4, -0.2) is 14.7 Å². The number of rotatable bonds is 3. The van der Waals surface area contributed by atoms with Crippen molar-refractivity contribution in [2.24, 2.45) is 0 Å². The molecule has 0 saturated carbocycles. The van der Waals surface area contributed by atoms with Crippen LogP contribution < -0.4 is 0 Å². The fraction of sp³-hybridized carbons (Fsp3) is 0.0714. The van der Waals surface area contributed by atoms with E-state index in [1.807, 2.05) is 12.1 Å². The molecular formula is C14H10BrNO2S2. The van der Waals surface area contributed by atoms with E-state index >= 15 is 0 Å². The predicted molar refractivity (Wildman–Crippen MR) is 82.5 cm³/mol. The van der Waals surface area contributed by atoms with E-state index in [0.717, 1.165) is 14.3 Å². The van der Waals surface area contributed by atoms with Crippen molar-refractivity contribution < 1.29 is 8.42 Å². The highest BCUT2D eigenvalue weighted by Crippen LogP contribution is 2.31. The monoisotopic (exact) mass is 367 g/mol. The summed E-state index contributed by atoms with van der Waals surface area (Å²) in [5.41, 5.74) is 0.585. The summed E-state index contributed by atoms with van der Waals surface area (Å²) in [5, 5.41) is 8.86. The lowest BCUT2D eigenvalue weighted by Gasteiger charge is -2.04. The van der Waals surface area contributed by atoms with Gasteiger partial charge in [0.1, 0.15) is 6.07 Å². The molecule has 2 aromatic rings. The highest BCUT2D eigenvalue weighted by molar-refractivity contribution is 9.10. The van der Waals surface area contributed by atoms with Crippen molar-refractivity contribution in [2.45, 2.75) is 14.7 Å². The number of hydrogen-bond donors (Lipinski definition) is 0. The smallest absolute Gasteiger partial charge is 0.175 e. The molecule has 0 atom stereocenters. The van der Waals surface area contributed by atoms with Gasteiger partial charge in [0.15, 0.2) is 9.84 Å². The summed E-state index contributed by atoms with van der Waals surface area (Å²) < 4.78 is 23.5. The van der Waals surface area contributed by atoms with Gasteiger partial charge in [-0.3, -0.25) is 0 Å². The number of sulfone groups is 1. The average Bonchev–Trinajstić information content (AvgIpc) is 2.38. The van der Waals surface area contributed by atoms with E-state index in [1.165, 1.54) is 18.0 Å². The topological polar surface area (TPSA) is 57.9 Å². The van der Waals surface area contributed by atoms with E-state index in [-0.39, 0.29) is 0 Å². The fourth-order valence-corrected chi connectivity index (χ4v) is 3.65. The lowest BCUT2D eigenvalue weighted by atomic mass is 10.2. The van der Waals surface area contributed by atoms with Gasteiger partial charge in [-0.15, -0.1) is 0 Å². The molecular weight excluding hydrogens is 358 g/mol. The minimum absolute atomic E-state index is 0.308. The fourth-order valence-electron chi connectivity index (χ4n) is 1.54. The molecule has 20 heavy (non-hydrogen) atoms. The maximum absolute atomic E-state index is 11.4. The van der Waals surface area contributed by atoms with Gasteiger partial charge in [-0.1, -0.05) is 11.8 Å². The molecule has 0 N–H and O–H groups in total. The Morgan fingerprint density at radius 1 is 1.10 bits per heavy atom. The van der Waals surface area contributed by atoms with Gasteiger partial charge in [0.05, 0.1) is 10.5 Å². The van der Waals surface area contributed by atoms with Gasteiger partial charge < -0.3 is 0 Å². The predicted octanol–water partition coefficient (Wildman–Crippen LogP) is 3.88. The maximum atomic E-state index is 11.4. The standard InChI is InChI=1S/C14H10BrNO2S2/c1-20(17,18)13-6-4-11(5-7-13)19-12-3-2-10(9-16)14(15)8-12/h2-8H,1H3. The number of hydrogen-bond acceptors (Lipinski definition) is 4. The molecule has 2 rings (SSSR count). The number of nitriles is 1. The van der Waals surface area contributed by atoms with Crippen molar-refractivity contribution in [3.05, 3.63) is 52.5 Å². The van der Waals surface area contributed by atoms with Crippen molar-refractivity contribution in [3.8, 4) is 6.07 Å². The molecule has 102 valence electrons. The van der Waals surface area contributed by atoms with Gasteiger partial charge in [0.25, 0.3) is 0 Å². The summed E-state index contributed by atoms with van der Waals surface area (Å²) in [4.78, 5) is 2.22. The average molecular weight is 368 g/mol. The minimum atomic E-state index is -3.16. The lowest BCUT2D eigenvalue weighted by Crippen LogP contribution is -1.95. The van der Waals surface area contributed by atoms with E-state index in [0.29, 0.717) is 10.5 Å². The third-order valence-corrected chi connectivity index (χ3v) is 5.33. The second-order valence-corrected chi connectivity index (χ2v) is 8.12. The number of nitrogens with zero attached hydrogens (tertiary/aromatic N) is 1. The van der Waals surface area contributed by atoms with Crippen molar-refractivity contribution in [3.63, 3.8) is 0 Å². The summed E-state index contributed by atoms with van der Waals surface area (Å²) in [6.07, 6.45) is 1.19. The summed E-state index contributed by atoms with van der Waals surface area (Å²) in [5.74, 6) is 0. The first kappa shape index (κ1) is 15.1. The first-order valence-electron chi connectivity index (χ1n) is 5.58. The molecule has 0 saturated heterocycles. The van der Waals surface area contributed by atoms with Crippen molar-refractivity contribution in [1.29, 1.82) is 5.26 Å². The minimum Gasteiger partial charge on any atom is -0.224 e. The second-order valence-electron chi connectivity index (χ2n) is 4.10. The summed E-state index contributed by atoms with van der Waals surface area (Å²) in [6.45, 7) is 0. The highest BCUT2D eigenvalue weighted by Gasteiger charge is 2.07. The van der Waals surface area contributed by atoms with Crippen LogP contribution in [0.3, 0.4) is 0 Å². The van der Waals surface area contributed by atoms with Crippen LogP contribution in [0.2, 0.25) is 0 Å². The van der Waals surface area contributed by atoms with Crippen LogP contribution in [0.15, 0.2) is 61.6 Å². The van der Waals surface area contributed by atoms with Gasteiger partial charge in [0.2, 0.25) is 0 Å². The van der Waals surface area contributed by atoms with Crippen LogP contribution in [0, 0.1) is 11.3 Å². The molecule has 0 bridgehead atoms. The second kappa shape index (κ2) is 6.00. The van der Waals surface area contributed by atoms with Crippen LogP contribution in [0.5, 0.6) is 0 Å². The molecule has 0 aliphatic carbocycles. The van der Waals surface area contributed by atoms with E-state index in [4.69, 9.17) is 5.26 Å². The SMILES string of the molecule is CS(=O)(=O)c1ccc(Sc2ccc(C#N)c(Br)c2)cc1. The highest BCUT2D eigenvalue weighted by atomic mass is 79.9. The summed E-state index contributed by atoms with van der Waals surface area (Å²) >= 11 is 4.85. The quantitative estimate of drug-likeness (QED) is 0.825. The number of benzene rings is 2. The molecule has 0 aromatic heterocycles. The molecule has 2 aromatic carbocycles. The van der Waals surface area contributed by atoms with Gasteiger partial charge in [-0.25, -0.2) is 8.42 Å². The molecule has 0 spiro atoms. The van der Waals surface area contributed by atoms with Crippen LogP contribution in [0.25, 0.3) is 0 Å². The Morgan fingerprint density at radius 2 is 1.70 bits per heavy atom. The molecule has 0 radical (unpaired) electrons. The Morgan fingerprint density at radius 3 is 2.20 bits per heavy atom. The van der Waals surface area contributed by atoms with Gasteiger partial charge in [-0.2, -0.15) is 5.26 Å². The van der Waals surface area contributed by atoms with Crippen LogP contribution >= 0.6 is 27.7 Å². The molecule has 0 heterocycles. The summed E-state index contributed by atoms with van der Waals surface area (Å²) in [6, 6.07) is 14.3. The van der Waals surface area contributed by atoms with Crippen molar-refractivity contribution in [1.82, 2.24) is 0 Å². The molecule has 6 heteroatoms. The maximum Gasteiger partial charge on any atom is 0.175 e.